The molecule has 2 nitrogen and oxygen atoms in total. The van der Waals surface area contributed by atoms with Crippen molar-refractivity contribution in [2.24, 2.45) is 5.73 Å². The number of hydrogen-bond acceptors (Lipinski definition) is 2. The van der Waals surface area contributed by atoms with Gasteiger partial charge in [-0.15, -0.1) is 0 Å². The van der Waals surface area contributed by atoms with Gasteiger partial charge in [-0.05, 0) is 85.9 Å². The summed E-state index contributed by atoms with van der Waals surface area (Å²) >= 11 is 0. The minimum atomic E-state index is 0.630. The Morgan fingerprint density at radius 1 is 1.03 bits per heavy atom. The highest BCUT2D eigenvalue weighted by atomic mass is 15.1. The zero-order chi connectivity index (χ0) is 25.0. The summed E-state index contributed by atoms with van der Waals surface area (Å²) in [4.78, 5) is 2.37. The predicted octanol–water partition coefficient (Wildman–Crippen LogP) is 8.58. The van der Waals surface area contributed by atoms with E-state index in [1.807, 2.05) is 0 Å². The number of hydrogen-bond donors (Lipinski definition) is 1. The van der Waals surface area contributed by atoms with Gasteiger partial charge in [0.2, 0.25) is 0 Å². The third kappa shape index (κ3) is 8.96. The Labute approximate surface area is 204 Å². The minimum Gasteiger partial charge on any atom is -0.402 e. The minimum absolute atomic E-state index is 0.630. The van der Waals surface area contributed by atoms with Crippen molar-refractivity contribution >= 4 is 11.6 Å². The molecule has 0 spiro atoms. The molecule has 1 aromatic rings. The fourth-order valence-electron chi connectivity index (χ4n) is 4.15. The second-order valence-electron chi connectivity index (χ2n) is 8.95. The molecule has 0 saturated carbocycles. The maximum Gasteiger partial charge on any atom is 0.0329 e. The van der Waals surface area contributed by atoms with Crippen molar-refractivity contribution in [2.75, 3.05) is 13.1 Å². The average Bonchev–Trinajstić information content (AvgIpc) is 2.77. The molecule has 33 heavy (non-hydrogen) atoms. The van der Waals surface area contributed by atoms with Crippen LogP contribution in [0.2, 0.25) is 0 Å². The summed E-state index contributed by atoms with van der Waals surface area (Å²) in [5.74, 6) is 0. The Hall–Kier alpha value is -2.74. The van der Waals surface area contributed by atoms with E-state index in [0.717, 1.165) is 55.6 Å². The Morgan fingerprint density at radius 2 is 1.67 bits per heavy atom. The third-order valence-corrected chi connectivity index (χ3v) is 5.94. The van der Waals surface area contributed by atoms with Crippen molar-refractivity contribution in [2.45, 2.75) is 73.6 Å². The lowest BCUT2D eigenvalue weighted by Gasteiger charge is -2.28. The van der Waals surface area contributed by atoms with Crippen LogP contribution in [0.4, 0.5) is 0 Å². The zero-order valence-electron chi connectivity index (χ0n) is 22.1. The quantitative estimate of drug-likeness (QED) is 0.290. The molecular weight excluding hydrogens is 400 g/mol. The number of nitrogens with two attached hydrogens (primary N) is 1. The molecule has 0 atom stereocenters. The van der Waals surface area contributed by atoms with Crippen LogP contribution >= 0.6 is 0 Å². The summed E-state index contributed by atoms with van der Waals surface area (Å²) in [7, 11) is 0. The van der Waals surface area contributed by atoms with Crippen molar-refractivity contribution in [1.82, 2.24) is 4.90 Å². The summed E-state index contributed by atoms with van der Waals surface area (Å²) in [6.07, 6.45) is 11.3. The van der Waals surface area contributed by atoms with Gasteiger partial charge in [0.1, 0.15) is 0 Å². The standard InChI is InChI=1S/C31H46N2/c1-10-14-28(13-4)23(5)19-24(6)29-15-16-30(25(7)20-29)22-31(21-26(8)32)27(9)33(17-11-2)18-12-3/h10,14-16,20,22H,6,8-9,11-13,17-19,21,32H2,1-5,7H3/b14-10-,28-23+,31-22+. The molecule has 0 unspecified atom stereocenters. The molecule has 0 aliphatic carbocycles. The van der Waals surface area contributed by atoms with Crippen molar-refractivity contribution in [3.8, 4) is 0 Å². The van der Waals surface area contributed by atoms with E-state index >= 15 is 0 Å². The lowest BCUT2D eigenvalue weighted by Crippen LogP contribution is -2.25. The second-order valence-corrected chi connectivity index (χ2v) is 8.95. The predicted molar refractivity (Wildman–Crippen MR) is 150 cm³/mol. The van der Waals surface area contributed by atoms with E-state index in [2.05, 4.69) is 103 Å². The van der Waals surface area contributed by atoms with Crippen LogP contribution in [0.15, 0.2) is 78.2 Å². The van der Waals surface area contributed by atoms with Crippen molar-refractivity contribution in [3.05, 3.63) is 94.9 Å². The van der Waals surface area contributed by atoms with Gasteiger partial charge in [0.05, 0.1) is 0 Å². The first-order chi connectivity index (χ1) is 15.7. The van der Waals surface area contributed by atoms with Crippen LogP contribution in [0.3, 0.4) is 0 Å². The lowest BCUT2D eigenvalue weighted by atomic mass is 9.93. The number of benzene rings is 1. The van der Waals surface area contributed by atoms with E-state index in [1.54, 1.807) is 0 Å². The Balaban J connectivity index is 3.25. The molecule has 2 N–H and O–H groups in total. The molecule has 1 rings (SSSR count). The van der Waals surface area contributed by atoms with E-state index in [1.165, 1.54) is 27.8 Å². The number of rotatable bonds is 14. The Bertz CT molecular complexity index is 918. The first-order valence-electron chi connectivity index (χ1n) is 12.4. The summed E-state index contributed by atoms with van der Waals surface area (Å²) < 4.78 is 0. The fourth-order valence-corrected chi connectivity index (χ4v) is 4.15. The Kier molecular flexibility index (Phi) is 12.4. The topological polar surface area (TPSA) is 29.3 Å². The van der Waals surface area contributed by atoms with Gasteiger partial charge in [0.25, 0.3) is 0 Å². The summed E-state index contributed by atoms with van der Waals surface area (Å²) in [6.45, 7) is 27.8. The molecule has 0 saturated heterocycles. The highest BCUT2D eigenvalue weighted by Crippen LogP contribution is 2.28. The molecule has 0 amide bonds. The first-order valence-corrected chi connectivity index (χ1v) is 12.4. The monoisotopic (exact) mass is 446 g/mol. The molecule has 0 bridgehead atoms. The molecule has 1 aromatic carbocycles. The molecule has 180 valence electrons. The van der Waals surface area contributed by atoms with Gasteiger partial charge < -0.3 is 10.6 Å². The van der Waals surface area contributed by atoms with Crippen LogP contribution in [0.25, 0.3) is 11.6 Å². The van der Waals surface area contributed by atoms with Crippen LogP contribution < -0.4 is 5.73 Å². The van der Waals surface area contributed by atoms with Crippen LogP contribution in [0.1, 0.15) is 83.4 Å². The van der Waals surface area contributed by atoms with E-state index in [-0.39, 0.29) is 0 Å². The normalized spacial score (nSPS) is 12.6. The SMILES string of the molecule is C=C(N)C/C(=C\c1ccc(C(=C)C/C(C)=C(/C=C\C)CC)cc1C)C(=C)N(CCC)CCC. The second kappa shape index (κ2) is 14.4. The van der Waals surface area contributed by atoms with E-state index < -0.39 is 0 Å². The fraction of sp³-hybridized carbons (Fsp3) is 0.419. The van der Waals surface area contributed by atoms with Gasteiger partial charge in [0, 0.05) is 30.9 Å². The largest absolute Gasteiger partial charge is 0.402 e. The molecule has 2 heteroatoms. The molecule has 0 aliphatic rings. The van der Waals surface area contributed by atoms with Crippen molar-refractivity contribution < 1.29 is 0 Å². The van der Waals surface area contributed by atoms with Gasteiger partial charge in [-0.1, -0.05) is 76.4 Å². The van der Waals surface area contributed by atoms with E-state index in [4.69, 9.17) is 5.73 Å². The lowest BCUT2D eigenvalue weighted by molar-refractivity contribution is 0.351. The molecule has 0 heterocycles. The van der Waals surface area contributed by atoms with E-state index in [9.17, 15) is 0 Å². The van der Waals surface area contributed by atoms with Crippen molar-refractivity contribution in [3.63, 3.8) is 0 Å². The first kappa shape index (κ1) is 28.3. The van der Waals surface area contributed by atoms with Crippen LogP contribution in [-0.2, 0) is 0 Å². The smallest absolute Gasteiger partial charge is 0.0329 e. The third-order valence-electron chi connectivity index (χ3n) is 5.94. The summed E-state index contributed by atoms with van der Waals surface area (Å²) in [5.41, 5.74) is 16.4. The average molecular weight is 447 g/mol. The van der Waals surface area contributed by atoms with Gasteiger partial charge >= 0.3 is 0 Å². The number of allylic oxidation sites excluding steroid dienone is 7. The number of nitrogens with zero attached hydrogens (tertiary/aromatic N) is 1. The molecule has 0 radical (unpaired) electrons. The maximum atomic E-state index is 6.02. The van der Waals surface area contributed by atoms with Crippen LogP contribution in [0, 0.1) is 6.92 Å². The van der Waals surface area contributed by atoms with Crippen LogP contribution in [0.5, 0.6) is 0 Å². The van der Waals surface area contributed by atoms with Gasteiger partial charge in [-0.2, -0.15) is 0 Å². The van der Waals surface area contributed by atoms with E-state index in [0.29, 0.717) is 12.1 Å². The summed E-state index contributed by atoms with van der Waals surface area (Å²) in [6, 6.07) is 6.62. The highest BCUT2D eigenvalue weighted by molar-refractivity contribution is 5.70. The summed E-state index contributed by atoms with van der Waals surface area (Å²) in [5, 5.41) is 0. The van der Waals surface area contributed by atoms with Crippen LogP contribution in [-0.4, -0.2) is 18.0 Å². The van der Waals surface area contributed by atoms with Gasteiger partial charge in [0.15, 0.2) is 0 Å². The Morgan fingerprint density at radius 3 is 2.15 bits per heavy atom. The van der Waals surface area contributed by atoms with Gasteiger partial charge in [-0.25, -0.2) is 0 Å². The highest BCUT2D eigenvalue weighted by Gasteiger charge is 2.13. The molecule has 0 fully saturated rings. The zero-order valence-corrected chi connectivity index (χ0v) is 22.1. The molecule has 0 aliphatic heterocycles. The van der Waals surface area contributed by atoms with Crippen molar-refractivity contribution in [1.29, 1.82) is 0 Å². The molecule has 0 aromatic heterocycles. The van der Waals surface area contributed by atoms with Gasteiger partial charge in [-0.3, -0.25) is 0 Å². The molecular formula is C31H46N2. The maximum absolute atomic E-state index is 6.02. The number of aryl methyl sites for hydroxylation is 1.